The van der Waals surface area contributed by atoms with Gasteiger partial charge < -0.3 is 10.3 Å². The molecule has 3 aromatic carbocycles. The molecule has 0 radical (unpaired) electrons. The highest BCUT2D eigenvalue weighted by Crippen LogP contribution is 2.16. The third-order valence-corrected chi connectivity index (χ3v) is 6.29. The van der Waals surface area contributed by atoms with Crippen LogP contribution in [0.3, 0.4) is 0 Å². The molecular formula is C31H24N6O4. The van der Waals surface area contributed by atoms with Crippen LogP contribution >= 0.6 is 0 Å². The lowest BCUT2D eigenvalue weighted by molar-refractivity contribution is -0.110. The van der Waals surface area contributed by atoms with Crippen LogP contribution < -0.4 is 16.3 Å². The van der Waals surface area contributed by atoms with Gasteiger partial charge in [-0.25, -0.2) is 10.4 Å². The summed E-state index contributed by atoms with van der Waals surface area (Å²) in [6, 6.07) is 23.8. The second-order valence-electron chi connectivity index (χ2n) is 9.12. The lowest BCUT2D eigenvalue weighted by Crippen LogP contribution is -2.31. The van der Waals surface area contributed by atoms with Crippen LogP contribution in [0.2, 0.25) is 0 Å². The first kappa shape index (κ1) is 26.8. The molecular weight excluding hydrogens is 520 g/mol. The third-order valence-electron chi connectivity index (χ3n) is 6.29. The van der Waals surface area contributed by atoms with Gasteiger partial charge in [-0.05, 0) is 48.9 Å². The molecule has 0 aliphatic heterocycles. The third kappa shape index (κ3) is 6.28. The number of anilines is 1. The Hall–Kier alpha value is -5.77. The number of aromatic nitrogens is 3. The summed E-state index contributed by atoms with van der Waals surface area (Å²) in [6.45, 7) is 1.84. The van der Waals surface area contributed by atoms with E-state index >= 15 is 0 Å². The van der Waals surface area contributed by atoms with E-state index in [9.17, 15) is 19.2 Å². The van der Waals surface area contributed by atoms with Crippen LogP contribution in [0.25, 0.3) is 11.0 Å². The zero-order valence-electron chi connectivity index (χ0n) is 21.9. The molecule has 0 saturated carbocycles. The standard InChI is InChI=1S/C31H24N6O4/c1-19-7-5-6-10-23(19)34-31(41)27(36-37-29(39)21-13-15-32-16-14-21)18-26-30(40)35-25-17-22(11-12-24(25)33-26)28(38)20-8-3-2-4-9-20/h2-17H,18H2,1H3,(H,34,41)(H,35,40)(H,37,39)/b36-27-. The summed E-state index contributed by atoms with van der Waals surface area (Å²) in [4.78, 5) is 62.8. The van der Waals surface area contributed by atoms with E-state index < -0.39 is 17.4 Å². The van der Waals surface area contributed by atoms with Crippen molar-refractivity contribution in [1.29, 1.82) is 0 Å². The number of carbonyl (C=O) groups is 3. The number of rotatable bonds is 8. The van der Waals surface area contributed by atoms with E-state index in [-0.39, 0.29) is 23.6 Å². The number of carbonyl (C=O) groups excluding carboxylic acids is 3. The number of nitrogens with zero attached hydrogens (tertiary/aromatic N) is 3. The SMILES string of the molecule is Cc1ccccc1NC(=O)/C(Cc1nc2ccc(C(=O)c3ccccc3)cc2[nH]c1=O)=N\NC(=O)c1ccncc1. The number of fused-ring (bicyclic) bond motifs is 1. The highest BCUT2D eigenvalue weighted by molar-refractivity contribution is 6.43. The number of pyridine rings is 1. The quantitative estimate of drug-likeness (QED) is 0.154. The molecule has 2 heterocycles. The molecule has 0 unspecified atom stereocenters. The summed E-state index contributed by atoms with van der Waals surface area (Å²) in [5.41, 5.74) is 5.08. The number of aromatic amines is 1. The Bertz CT molecular complexity index is 1850. The van der Waals surface area contributed by atoms with E-state index in [2.05, 4.69) is 30.8 Å². The minimum absolute atomic E-state index is 0.0106. The monoisotopic (exact) mass is 544 g/mol. The van der Waals surface area contributed by atoms with Crippen LogP contribution in [0.15, 0.2) is 107 Å². The van der Waals surface area contributed by atoms with Gasteiger partial charge in [0.05, 0.1) is 11.0 Å². The van der Waals surface area contributed by atoms with Gasteiger partial charge in [0.1, 0.15) is 11.4 Å². The fourth-order valence-corrected chi connectivity index (χ4v) is 4.06. The van der Waals surface area contributed by atoms with Gasteiger partial charge in [0.25, 0.3) is 17.4 Å². The van der Waals surface area contributed by atoms with Gasteiger partial charge in [-0.1, -0.05) is 48.5 Å². The summed E-state index contributed by atoms with van der Waals surface area (Å²) in [5, 5.41) is 6.84. The number of benzene rings is 3. The number of ketones is 1. The molecule has 0 fully saturated rings. The number of para-hydroxylation sites is 1. The predicted molar refractivity (Wildman–Crippen MR) is 155 cm³/mol. The number of hydrogen-bond acceptors (Lipinski definition) is 7. The molecule has 0 saturated heterocycles. The lowest BCUT2D eigenvalue weighted by atomic mass is 10.0. The lowest BCUT2D eigenvalue weighted by Gasteiger charge is -2.11. The Kier molecular flexibility index (Phi) is 7.82. The van der Waals surface area contributed by atoms with Crippen LogP contribution in [-0.4, -0.2) is 38.3 Å². The van der Waals surface area contributed by atoms with Gasteiger partial charge in [0.2, 0.25) is 0 Å². The predicted octanol–water partition coefficient (Wildman–Crippen LogP) is 3.82. The van der Waals surface area contributed by atoms with Crippen molar-refractivity contribution in [3.8, 4) is 0 Å². The molecule has 41 heavy (non-hydrogen) atoms. The zero-order valence-corrected chi connectivity index (χ0v) is 21.9. The van der Waals surface area contributed by atoms with Crippen molar-refractivity contribution in [2.75, 3.05) is 5.32 Å². The molecule has 2 aromatic heterocycles. The normalized spacial score (nSPS) is 11.2. The molecule has 5 aromatic rings. The van der Waals surface area contributed by atoms with Crippen LogP contribution in [0.4, 0.5) is 5.69 Å². The van der Waals surface area contributed by atoms with Crippen molar-refractivity contribution in [2.45, 2.75) is 13.3 Å². The summed E-state index contributed by atoms with van der Waals surface area (Å²) in [7, 11) is 0. The summed E-state index contributed by atoms with van der Waals surface area (Å²) in [6.07, 6.45) is 2.65. The average Bonchev–Trinajstić information content (AvgIpc) is 3.00. The molecule has 2 amide bonds. The van der Waals surface area contributed by atoms with Crippen molar-refractivity contribution in [3.05, 3.63) is 136 Å². The van der Waals surface area contributed by atoms with E-state index in [1.54, 1.807) is 54.6 Å². The van der Waals surface area contributed by atoms with Crippen molar-refractivity contribution in [3.63, 3.8) is 0 Å². The van der Waals surface area contributed by atoms with Crippen LogP contribution in [0, 0.1) is 6.92 Å². The van der Waals surface area contributed by atoms with Crippen molar-refractivity contribution in [1.82, 2.24) is 20.4 Å². The fraction of sp³-hybridized carbons (Fsp3) is 0.0645. The first-order valence-corrected chi connectivity index (χ1v) is 12.7. The molecule has 10 heteroatoms. The maximum atomic E-state index is 13.3. The number of H-pyrrole nitrogens is 1. The second kappa shape index (κ2) is 12.0. The summed E-state index contributed by atoms with van der Waals surface area (Å²) in [5.74, 6) is -1.35. The molecule has 0 atom stereocenters. The van der Waals surface area contributed by atoms with Gasteiger partial charge in [-0.2, -0.15) is 5.10 Å². The Morgan fingerprint density at radius 3 is 2.34 bits per heavy atom. The first-order valence-electron chi connectivity index (χ1n) is 12.7. The van der Waals surface area contributed by atoms with Crippen molar-refractivity contribution in [2.24, 2.45) is 5.10 Å². The fourth-order valence-electron chi connectivity index (χ4n) is 4.06. The van der Waals surface area contributed by atoms with Gasteiger partial charge >= 0.3 is 0 Å². The Balaban J connectivity index is 1.45. The largest absolute Gasteiger partial charge is 0.321 e. The minimum Gasteiger partial charge on any atom is -0.321 e. The molecule has 0 aliphatic rings. The number of amides is 2. The average molecular weight is 545 g/mol. The molecule has 3 N–H and O–H groups in total. The van der Waals surface area contributed by atoms with Crippen LogP contribution in [-0.2, 0) is 11.2 Å². The molecule has 0 aliphatic carbocycles. The summed E-state index contributed by atoms with van der Waals surface area (Å²) >= 11 is 0. The Morgan fingerprint density at radius 2 is 1.59 bits per heavy atom. The topological polar surface area (TPSA) is 146 Å². The van der Waals surface area contributed by atoms with Crippen LogP contribution in [0.1, 0.15) is 37.5 Å². The number of hydrogen-bond donors (Lipinski definition) is 3. The first-order chi connectivity index (χ1) is 19.9. The second-order valence-corrected chi connectivity index (χ2v) is 9.12. The molecule has 0 spiro atoms. The van der Waals surface area contributed by atoms with E-state index in [1.165, 1.54) is 24.5 Å². The van der Waals surface area contributed by atoms with Gasteiger partial charge in [0, 0.05) is 41.2 Å². The highest BCUT2D eigenvalue weighted by Gasteiger charge is 2.19. The smallest absolute Gasteiger partial charge is 0.272 e. The van der Waals surface area contributed by atoms with Crippen molar-refractivity contribution < 1.29 is 14.4 Å². The van der Waals surface area contributed by atoms with Crippen LogP contribution in [0.5, 0.6) is 0 Å². The number of hydrazone groups is 1. The summed E-state index contributed by atoms with van der Waals surface area (Å²) < 4.78 is 0. The van der Waals surface area contributed by atoms with Gasteiger partial charge in [-0.15, -0.1) is 0 Å². The molecule has 0 bridgehead atoms. The maximum absolute atomic E-state index is 13.3. The van der Waals surface area contributed by atoms with E-state index in [0.29, 0.717) is 33.4 Å². The van der Waals surface area contributed by atoms with Crippen molar-refractivity contribution >= 4 is 40.0 Å². The Labute approximate surface area is 234 Å². The van der Waals surface area contributed by atoms with Gasteiger partial charge in [0.15, 0.2) is 5.78 Å². The molecule has 202 valence electrons. The molecule has 5 rings (SSSR count). The van der Waals surface area contributed by atoms with E-state index in [0.717, 1.165) is 5.56 Å². The minimum atomic E-state index is -0.612. The van der Waals surface area contributed by atoms with Gasteiger partial charge in [-0.3, -0.25) is 24.2 Å². The zero-order chi connectivity index (χ0) is 28.8. The Morgan fingerprint density at radius 1 is 0.854 bits per heavy atom. The number of aryl methyl sites for hydroxylation is 1. The van der Waals surface area contributed by atoms with E-state index in [1.807, 2.05) is 25.1 Å². The maximum Gasteiger partial charge on any atom is 0.272 e. The highest BCUT2D eigenvalue weighted by atomic mass is 16.2. The molecule has 10 nitrogen and oxygen atoms in total. The number of nitrogens with one attached hydrogen (secondary N) is 3. The van der Waals surface area contributed by atoms with E-state index in [4.69, 9.17) is 0 Å².